The molecule has 3 heterocycles. The Morgan fingerprint density at radius 3 is 2.56 bits per heavy atom. The number of pyridine rings is 1. The van der Waals surface area contributed by atoms with Gasteiger partial charge in [-0.3, -0.25) is 9.59 Å². The summed E-state index contributed by atoms with van der Waals surface area (Å²) in [6.07, 6.45) is -3.43. The Morgan fingerprint density at radius 1 is 1.36 bits per heavy atom. The van der Waals surface area contributed by atoms with Crippen molar-refractivity contribution in [3.8, 4) is 11.4 Å². The minimum Gasteiger partial charge on any atom is -0.340 e. The molecule has 0 aliphatic carbocycles. The molecule has 1 amide bonds. The van der Waals surface area contributed by atoms with Crippen LogP contribution in [-0.2, 0) is 17.5 Å². The average molecular weight is 356 g/mol. The number of hydrogen-bond acceptors (Lipinski definition) is 5. The van der Waals surface area contributed by atoms with E-state index in [1.807, 2.05) is 13.8 Å². The van der Waals surface area contributed by atoms with E-state index < -0.39 is 17.6 Å². The molecule has 0 aromatic carbocycles. The first-order chi connectivity index (χ1) is 11.5. The first-order valence-electron chi connectivity index (χ1n) is 7.45. The Bertz CT molecular complexity index is 861. The van der Waals surface area contributed by atoms with E-state index in [1.165, 1.54) is 16.8 Å². The molecule has 0 spiro atoms. The van der Waals surface area contributed by atoms with Crippen molar-refractivity contribution in [3.05, 3.63) is 34.6 Å². The van der Waals surface area contributed by atoms with Crippen molar-refractivity contribution in [2.45, 2.75) is 26.6 Å². The van der Waals surface area contributed by atoms with Gasteiger partial charge >= 0.3 is 12.1 Å². The van der Waals surface area contributed by atoms with Crippen LogP contribution in [0.3, 0.4) is 0 Å². The van der Waals surface area contributed by atoms with Crippen LogP contribution in [-0.4, -0.2) is 38.6 Å². The number of likely N-dealkylation sites (tertiary alicyclic amines) is 1. The lowest BCUT2D eigenvalue weighted by Crippen LogP contribution is -2.56. The first kappa shape index (κ1) is 17.2. The van der Waals surface area contributed by atoms with E-state index in [0.29, 0.717) is 13.1 Å². The van der Waals surface area contributed by atoms with E-state index >= 15 is 0 Å². The van der Waals surface area contributed by atoms with Crippen LogP contribution >= 0.6 is 0 Å². The fourth-order valence-corrected chi connectivity index (χ4v) is 2.64. The molecule has 1 saturated heterocycles. The van der Waals surface area contributed by atoms with Gasteiger partial charge in [0.1, 0.15) is 6.54 Å². The van der Waals surface area contributed by atoms with Crippen LogP contribution in [0.25, 0.3) is 11.4 Å². The number of carbonyl (C=O) groups excluding carboxylic acids is 1. The number of nitrogens with zero attached hydrogens (tertiary/aromatic N) is 4. The fraction of sp³-hybridized carbons (Fsp3) is 0.467. The van der Waals surface area contributed by atoms with Gasteiger partial charge in [0.2, 0.25) is 11.7 Å². The lowest BCUT2D eigenvalue weighted by Gasteiger charge is -2.45. The van der Waals surface area contributed by atoms with Crippen molar-refractivity contribution in [1.82, 2.24) is 19.6 Å². The largest absolute Gasteiger partial charge is 0.471 e. The zero-order valence-electron chi connectivity index (χ0n) is 13.5. The number of rotatable bonds is 3. The summed E-state index contributed by atoms with van der Waals surface area (Å²) in [5, 5.41) is 3.22. The van der Waals surface area contributed by atoms with Gasteiger partial charge in [-0.2, -0.15) is 18.2 Å². The average Bonchev–Trinajstić information content (AvgIpc) is 2.96. The quantitative estimate of drug-likeness (QED) is 0.837. The minimum absolute atomic E-state index is 0.0815. The molecule has 0 N–H and O–H groups in total. The molecular formula is C15H15F3N4O3. The first-order valence-corrected chi connectivity index (χ1v) is 7.45. The number of alkyl halides is 3. The summed E-state index contributed by atoms with van der Waals surface area (Å²) in [4.78, 5) is 29.1. The van der Waals surface area contributed by atoms with Crippen molar-refractivity contribution in [2.24, 2.45) is 5.41 Å². The summed E-state index contributed by atoms with van der Waals surface area (Å²) < 4.78 is 42.7. The Kier molecular flexibility index (Phi) is 3.92. The standard InChI is InChI=1S/C15H15F3N4O3/c1-14(2)7-22(8-14)11(24)6-21-4-3-9(5-10(21)23)12-19-13(25-20-12)15(16,17)18/h3-5H,6-8H2,1-2H3. The van der Waals surface area contributed by atoms with Gasteiger partial charge in [0.05, 0.1) is 0 Å². The molecule has 1 aliphatic heterocycles. The van der Waals surface area contributed by atoms with Crippen LogP contribution in [0.15, 0.2) is 27.6 Å². The van der Waals surface area contributed by atoms with E-state index in [-0.39, 0.29) is 29.3 Å². The molecule has 2 aromatic rings. The Labute approximate surface area is 140 Å². The van der Waals surface area contributed by atoms with Gasteiger partial charge in [-0.15, -0.1) is 0 Å². The van der Waals surface area contributed by atoms with Crippen molar-refractivity contribution < 1.29 is 22.5 Å². The summed E-state index contributed by atoms with van der Waals surface area (Å²) in [5.74, 6) is -2.01. The predicted octanol–water partition coefficient (Wildman–Crippen LogP) is 1.79. The molecule has 3 rings (SSSR count). The monoisotopic (exact) mass is 356 g/mol. The highest BCUT2D eigenvalue weighted by Crippen LogP contribution is 2.29. The highest BCUT2D eigenvalue weighted by molar-refractivity contribution is 5.77. The second-order valence-corrected chi connectivity index (χ2v) is 6.72. The normalized spacial score (nSPS) is 16.6. The van der Waals surface area contributed by atoms with Crippen molar-refractivity contribution >= 4 is 5.91 Å². The van der Waals surface area contributed by atoms with Crippen LogP contribution in [0, 0.1) is 5.41 Å². The topological polar surface area (TPSA) is 81.2 Å². The van der Waals surface area contributed by atoms with Crippen molar-refractivity contribution in [1.29, 1.82) is 0 Å². The van der Waals surface area contributed by atoms with Crippen LogP contribution in [0.4, 0.5) is 13.2 Å². The molecular weight excluding hydrogens is 341 g/mol. The molecule has 0 atom stereocenters. The molecule has 1 aliphatic rings. The summed E-state index contributed by atoms with van der Waals surface area (Å²) >= 11 is 0. The summed E-state index contributed by atoms with van der Waals surface area (Å²) in [6.45, 7) is 5.20. The predicted molar refractivity (Wildman–Crippen MR) is 79.4 cm³/mol. The Balaban J connectivity index is 1.74. The fourth-order valence-electron chi connectivity index (χ4n) is 2.64. The molecule has 25 heavy (non-hydrogen) atoms. The molecule has 0 unspecified atom stereocenters. The van der Waals surface area contributed by atoms with Crippen LogP contribution in [0.5, 0.6) is 0 Å². The third-order valence-electron chi connectivity index (χ3n) is 3.82. The van der Waals surface area contributed by atoms with Gasteiger partial charge < -0.3 is 14.0 Å². The molecule has 0 saturated carbocycles. The second-order valence-electron chi connectivity index (χ2n) is 6.72. The SMILES string of the molecule is CC1(C)CN(C(=O)Cn2ccc(-c3noc(C(F)(F)F)n3)cc2=O)C1. The third kappa shape index (κ3) is 3.57. The van der Waals surface area contributed by atoms with E-state index in [2.05, 4.69) is 14.7 Å². The summed E-state index contributed by atoms with van der Waals surface area (Å²) in [5.41, 5.74) is -0.374. The maximum Gasteiger partial charge on any atom is 0.471 e. The molecule has 2 aromatic heterocycles. The minimum atomic E-state index is -4.75. The van der Waals surface area contributed by atoms with Gasteiger partial charge in [0.15, 0.2) is 0 Å². The van der Waals surface area contributed by atoms with Gasteiger partial charge in [0.25, 0.3) is 5.56 Å². The number of amides is 1. The molecule has 0 bridgehead atoms. The van der Waals surface area contributed by atoms with Gasteiger partial charge in [-0.25, -0.2) is 0 Å². The smallest absolute Gasteiger partial charge is 0.340 e. The number of hydrogen-bond donors (Lipinski definition) is 0. The van der Waals surface area contributed by atoms with E-state index in [9.17, 15) is 22.8 Å². The van der Waals surface area contributed by atoms with Crippen LogP contribution < -0.4 is 5.56 Å². The molecule has 134 valence electrons. The summed E-state index contributed by atoms with van der Waals surface area (Å²) in [6, 6.07) is 2.43. The van der Waals surface area contributed by atoms with E-state index in [0.717, 1.165) is 6.07 Å². The molecule has 0 radical (unpaired) electrons. The number of carbonyl (C=O) groups is 1. The van der Waals surface area contributed by atoms with Gasteiger partial charge in [0, 0.05) is 30.9 Å². The maximum atomic E-state index is 12.5. The molecule has 10 heteroatoms. The highest BCUT2D eigenvalue weighted by Gasteiger charge is 2.39. The number of halogens is 3. The van der Waals surface area contributed by atoms with E-state index in [1.54, 1.807) is 4.90 Å². The van der Waals surface area contributed by atoms with Gasteiger partial charge in [-0.05, 0) is 11.5 Å². The van der Waals surface area contributed by atoms with Crippen LogP contribution in [0.1, 0.15) is 19.7 Å². The van der Waals surface area contributed by atoms with Gasteiger partial charge in [-0.1, -0.05) is 19.0 Å². The highest BCUT2D eigenvalue weighted by atomic mass is 19.4. The Hall–Kier alpha value is -2.65. The zero-order chi connectivity index (χ0) is 18.4. The van der Waals surface area contributed by atoms with E-state index in [4.69, 9.17) is 0 Å². The lowest BCUT2D eigenvalue weighted by atomic mass is 9.84. The molecule has 1 fully saturated rings. The zero-order valence-corrected chi connectivity index (χ0v) is 13.5. The van der Waals surface area contributed by atoms with Crippen LogP contribution in [0.2, 0.25) is 0 Å². The third-order valence-corrected chi connectivity index (χ3v) is 3.82. The Morgan fingerprint density at radius 2 is 2.04 bits per heavy atom. The van der Waals surface area contributed by atoms with Crippen molar-refractivity contribution in [2.75, 3.05) is 13.1 Å². The lowest BCUT2D eigenvalue weighted by molar-refractivity contribution is -0.159. The van der Waals surface area contributed by atoms with Crippen molar-refractivity contribution in [3.63, 3.8) is 0 Å². The second kappa shape index (κ2) is 5.71. The molecule has 7 nitrogen and oxygen atoms in total. The summed E-state index contributed by atoms with van der Waals surface area (Å²) in [7, 11) is 0. The number of aromatic nitrogens is 3. The maximum absolute atomic E-state index is 12.5.